The molecule has 3 aliphatic heterocycles. The zero-order chi connectivity index (χ0) is 54.8. The van der Waals surface area contributed by atoms with Crippen LogP contribution in [0.1, 0.15) is 56.0 Å². The first-order valence-corrected chi connectivity index (χ1v) is 26.0. The number of aromatic amines is 3. The smallest absolute Gasteiger partial charge is 0.232 e. The van der Waals surface area contributed by atoms with Gasteiger partial charge in [-0.15, -0.1) is 0 Å². The van der Waals surface area contributed by atoms with Gasteiger partial charge >= 0.3 is 0 Å². The molecule has 9 aromatic rings. The van der Waals surface area contributed by atoms with E-state index in [1.807, 2.05) is 95.6 Å². The van der Waals surface area contributed by atoms with Crippen LogP contribution in [0.5, 0.6) is 17.6 Å². The van der Waals surface area contributed by atoms with Gasteiger partial charge in [-0.25, -0.2) is 13.2 Å². The van der Waals surface area contributed by atoms with E-state index in [0.29, 0.717) is 112 Å². The Morgan fingerprint density at radius 3 is 0.987 bits per heavy atom. The van der Waals surface area contributed by atoms with Crippen LogP contribution in [0.25, 0.3) is 33.1 Å². The minimum atomic E-state index is -0.928. The lowest BCUT2D eigenvalue weighted by atomic mass is 10.2. The van der Waals surface area contributed by atoms with Crippen molar-refractivity contribution >= 4 is 68.0 Å². The maximum atomic E-state index is 14.2. The fourth-order valence-corrected chi connectivity index (χ4v) is 10.1. The topological polar surface area (TPSA) is 252 Å². The van der Waals surface area contributed by atoms with Gasteiger partial charge in [-0.2, -0.15) is 45.2 Å². The average molecular weight is 1080 g/mol. The third-order valence-corrected chi connectivity index (χ3v) is 14.0. The average Bonchev–Trinajstić information content (AvgIpc) is 4.37. The molecule has 9 aromatic heterocycles. The predicted molar refractivity (Wildman–Crippen MR) is 290 cm³/mol. The standard InChI is InChI=1S/3C17H22FN7O/c3*1-4-26-16-11-5-6-19-15(11)22-17(23-16)21-13-7-20-25(10(13)2)14-9-24(3)8-12(14)18/h3*5-7,12,14H,4,8-9H2,1-3H3,(H2,19,21,22,23). The van der Waals surface area contributed by atoms with Crippen molar-refractivity contribution in [1.82, 2.24) is 88.9 Å². The molecule has 0 aromatic carbocycles. The van der Waals surface area contributed by atoms with E-state index in [-0.39, 0.29) is 18.1 Å². The molecule has 0 bridgehead atoms. The Morgan fingerprint density at radius 1 is 0.462 bits per heavy atom. The van der Waals surface area contributed by atoms with Crippen LogP contribution in [0, 0.1) is 20.8 Å². The summed E-state index contributed by atoms with van der Waals surface area (Å²) < 4.78 is 64.8. The summed E-state index contributed by atoms with van der Waals surface area (Å²) in [4.78, 5) is 41.9. The third-order valence-electron chi connectivity index (χ3n) is 14.0. The van der Waals surface area contributed by atoms with Gasteiger partial charge in [0.05, 0.1) is 107 Å². The highest BCUT2D eigenvalue weighted by molar-refractivity contribution is 5.84. The first-order chi connectivity index (χ1) is 37.7. The van der Waals surface area contributed by atoms with Crippen molar-refractivity contribution < 1.29 is 27.4 Å². The molecule has 6 N–H and O–H groups in total. The molecule has 6 unspecified atom stereocenters. The van der Waals surface area contributed by atoms with Crippen LogP contribution < -0.4 is 30.2 Å². The van der Waals surface area contributed by atoms with Gasteiger partial charge in [0, 0.05) is 57.9 Å². The number of hydrogen-bond acceptors (Lipinski definition) is 18. The molecular weight excluding hydrogens is 1010 g/mol. The number of H-pyrrole nitrogens is 3. The molecule has 3 saturated heterocycles. The van der Waals surface area contributed by atoms with Crippen LogP contribution in [0.2, 0.25) is 0 Å². The lowest BCUT2D eigenvalue weighted by molar-refractivity contribution is 0.265. The van der Waals surface area contributed by atoms with Gasteiger partial charge < -0.3 is 59.8 Å². The number of alkyl halides is 3. The molecule has 0 radical (unpaired) electrons. The minimum absolute atomic E-state index is 0.277. The van der Waals surface area contributed by atoms with Gasteiger partial charge in [0.25, 0.3) is 0 Å². The Hall–Kier alpha value is -8.04. The summed E-state index contributed by atoms with van der Waals surface area (Å²) in [5.41, 5.74) is 6.87. The number of halogens is 3. The summed E-state index contributed by atoms with van der Waals surface area (Å²) in [7, 11) is 5.75. The molecule has 414 valence electrons. The Kier molecular flexibility index (Phi) is 15.7. The minimum Gasteiger partial charge on any atom is -0.477 e. The fraction of sp³-hybridized carbons (Fsp3) is 0.471. The number of ether oxygens (including phenoxy) is 3. The number of nitrogens with one attached hydrogen (secondary N) is 6. The Morgan fingerprint density at radius 2 is 0.744 bits per heavy atom. The lowest BCUT2D eigenvalue weighted by Gasteiger charge is -2.15. The molecule has 0 spiro atoms. The number of hydrogen-bond donors (Lipinski definition) is 6. The van der Waals surface area contributed by atoms with E-state index in [4.69, 9.17) is 14.2 Å². The van der Waals surface area contributed by atoms with Gasteiger partial charge in [0.15, 0.2) is 0 Å². The SMILES string of the molecule is CCOc1nc(Nc2cnn(C3CN(C)CC3F)c2C)nc2[nH]ccc12.CCOc1nc(Nc2cnn(C3CN(C)CC3F)c2C)nc2[nH]ccc12.CCOc1nc(Nc2cnn(C3CN(C)CC3F)c2C)nc2[nH]ccc12. The zero-order valence-corrected chi connectivity index (χ0v) is 45.1. The molecular formula is C51H66F3N21O3. The number of nitrogens with zero attached hydrogens (tertiary/aromatic N) is 15. The fourth-order valence-electron chi connectivity index (χ4n) is 10.1. The molecule has 0 saturated carbocycles. The number of rotatable bonds is 15. The van der Waals surface area contributed by atoms with E-state index in [1.165, 1.54) is 0 Å². The van der Waals surface area contributed by atoms with Crippen molar-refractivity contribution in [3.05, 3.63) is 72.5 Å². The number of fused-ring (bicyclic) bond motifs is 3. The number of likely N-dealkylation sites (tertiary alicyclic amines) is 3. The van der Waals surface area contributed by atoms with Gasteiger partial charge in [-0.3, -0.25) is 14.0 Å². The molecule has 12 rings (SSSR count). The molecule has 27 heteroatoms. The monoisotopic (exact) mass is 1080 g/mol. The first kappa shape index (κ1) is 53.4. The molecule has 6 atom stereocenters. The number of anilines is 6. The van der Waals surface area contributed by atoms with Gasteiger partial charge in [-0.1, -0.05) is 0 Å². The highest BCUT2D eigenvalue weighted by atomic mass is 19.1. The molecule has 3 aliphatic rings. The molecule has 24 nitrogen and oxygen atoms in total. The van der Waals surface area contributed by atoms with Crippen LogP contribution in [0.3, 0.4) is 0 Å². The van der Waals surface area contributed by atoms with Crippen LogP contribution in [-0.4, -0.2) is 188 Å². The van der Waals surface area contributed by atoms with Crippen molar-refractivity contribution in [3.63, 3.8) is 0 Å². The van der Waals surface area contributed by atoms with E-state index >= 15 is 0 Å². The summed E-state index contributed by atoms with van der Waals surface area (Å²) in [5, 5.41) is 25.2. The maximum Gasteiger partial charge on any atom is 0.232 e. The van der Waals surface area contributed by atoms with E-state index in [1.54, 1.807) is 51.2 Å². The Bertz CT molecular complexity index is 3120. The number of aromatic nitrogens is 15. The third kappa shape index (κ3) is 11.1. The highest BCUT2D eigenvalue weighted by Crippen LogP contribution is 2.34. The Labute approximate surface area is 447 Å². The van der Waals surface area contributed by atoms with E-state index in [0.717, 1.165) is 50.3 Å². The summed E-state index contributed by atoms with van der Waals surface area (Å²) in [5.74, 6) is 2.79. The predicted octanol–water partition coefficient (Wildman–Crippen LogP) is 7.29. The molecule has 0 aliphatic carbocycles. The van der Waals surface area contributed by atoms with Crippen LogP contribution in [-0.2, 0) is 0 Å². The second kappa shape index (κ2) is 22.9. The second-order valence-electron chi connectivity index (χ2n) is 19.6. The van der Waals surface area contributed by atoms with Crippen LogP contribution in [0.15, 0.2) is 55.4 Å². The summed E-state index contributed by atoms with van der Waals surface area (Å²) in [6.07, 6.45) is 7.66. The summed E-state index contributed by atoms with van der Waals surface area (Å²) in [6.45, 7) is 16.2. The van der Waals surface area contributed by atoms with E-state index < -0.39 is 18.5 Å². The van der Waals surface area contributed by atoms with Gasteiger partial charge in [0.1, 0.15) is 35.5 Å². The van der Waals surface area contributed by atoms with Crippen molar-refractivity contribution in [2.75, 3.05) is 96.2 Å². The van der Waals surface area contributed by atoms with E-state index in [9.17, 15) is 13.2 Å². The zero-order valence-electron chi connectivity index (χ0n) is 45.1. The molecule has 12 heterocycles. The first-order valence-electron chi connectivity index (χ1n) is 26.0. The quantitative estimate of drug-likeness (QED) is 0.0589. The maximum absolute atomic E-state index is 14.2. The van der Waals surface area contributed by atoms with Crippen molar-refractivity contribution in [3.8, 4) is 17.6 Å². The largest absolute Gasteiger partial charge is 0.477 e. The molecule has 0 amide bonds. The van der Waals surface area contributed by atoms with Crippen molar-refractivity contribution in [2.24, 2.45) is 0 Å². The Balaban J connectivity index is 0.000000132. The lowest BCUT2D eigenvalue weighted by Crippen LogP contribution is -2.21. The van der Waals surface area contributed by atoms with Crippen LogP contribution in [0.4, 0.5) is 48.1 Å². The number of likely N-dealkylation sites (N-methyl/N-ethyl adjacent to an activating group) is 3. The van der Waals surface area contributed by atoms with Gasteiger partial charge in [0.2, 0.25) is 35.5 Å². The van der Waals surface area contributed by atoms with Crippen LogP contribution >= 0.6 is 0 Å². The van der Waals surface area contributed by atoms with Gasteiger partial charge in [-0.05, 0) is 80.9 Å². The van der Waals surface area contributed by atoms with E-state index in [2.05, 4.69) is 76.1 Å². The summed E-state index contributed by atoms with van der Waals surface area (Å²) in [6, 6.07) is 4.81. The van der Waals surface area contributed by atoms with Crippen molar-refractivity contribution in [1.29, 1.82) is 0 Å². The summed E-state index contributed by atoms with van der Waals surface area (Å²) >= 11 is 0. The second-order valence-corrected chi connectivity index (χ2v) is 19.6. The molecule has 78 heavy (non-hydrogen) atoms. The highest BCUT2D eigenvalue weighted by Gasteiger charge is 2.36. The molecule has 3 fully saturated rings. The normalized spacial score (nSPS) is 20.8. The van der Waals surface area contributed by atoms with Crippen molar-refractivity contribution in [2.45, 2.75) is 78.2 Å².